The highest BCUT2D eigenvalue weighted by atomic mass is 16.7. The summed E-state index contributed by atoms with van der Waals surface area (Å²) < 4.78 is 16.0. The lowest BCUT2D eigenvalue weighted by Crippen LogP contribution is -2.14. The predicted octanol–water partition coefficient (Wildman–Crippen LogP) is 3.45. The highest BCUT2D eigenvalue weighted by Crippen LogP contribution is 2.36. The Morgan fingerprint density at radius 3 is 2.78 bits per heavy atom. The van der Waals surface area contributed by atoms with Crippen LogP contribution in [0.3, 0.4) is 0 Å². The van der Waals surface area contributed by atoms with Gasteiger partial charge in [0.1, 0.15) is 0 Å². The lowest BCUT2D eigenvalue weighted by Gasteiger charge is -2.05. The maximum absolute atomic E-state index is 12.2. The Balaban J connectivity index is 1.44. The first-order valence-corrected chi connectivity index (χ1v) is 8.35. The second kappa shape index (κ2) is 6.95. The van der Waals surface area contributed by atoms with Crippen molar-refractivity contribution in [2.24, 2.45) is 0 Å². The fourth-order valence-corrected chi connectivity index (χ4v) is 2.77. The van der Waals surface area contributed by atoms with Gasteiger partial charge in [-0.2, -0.15) is 0 Å². The van der Waals surface area contributed by atoms with Gasteiger partial charge in [0.15, 0.2) is 23.0 Å². The lowest BCUT2D eigenvalue weighted by atomic mass is 10.1. The number of fused-ring (bicyclic) bond motifs is 1. The van der Waals surface area contributed by atoms with Gasteiger partial charge in [-0.05, 0) is 37.3 Å². The van der Waals surface area contributed by atoms with Gasteiger partial charge in [0.2, 0.25) is 12.7 Å². The van der Waals surface area contributed by atoms with Crippen LogP contribution in [0.25, 0.3) is 11.3 Å². The first-order chi connectivity index (χ1) is 13.1. The molecule has 27 heavy (non-hydrogen) atoms. The van der Waals surface area contributed by atoms with Crippen molar-refractivity contribution in [1.29, 1.82) is 0 Å². The Labute approximate surface area is 154 Å². The standard InChI is InChI=1S/C20H16N2O5/c1-12(23)13-3-2-4-15(7-13)21-20(24)10-16-9-18(27-22-16)14-5-6-17-19(8-14)26-11-25-17/h2-9H,10-11H2,1H3,(H,21,24). The van der Waals surface area contributed by atoms with Crippen LogP contribution in [-0.2, 0) is 11.2 Å². The van der Waals surface area contributed by atoms with E-state index in [9.17, 15) is 9.59 Å². The monoisotopic (exact) mass is 364 g/mol. The fourth-order valence-electron chi connectivity index (χ4n) is 2.77. The van der Waals surface area contributed by atoms with E-state index in [0.717, 1.165) is 5.56 Å². The first-order valence-electron chi connectivity index (χ1n) is 8.35. The number of nitrogens with one attached hydrogen (secondary N) is 1. The van der Waals surface area contributed by atoms with Crippen molar-refractivity contribution >= 4 is 17.4 Å². The normalized spacial score (nSPS) is 12.0. The van der Waals surface area contributed by atoms with Crippen LogP contribution in [0.4, 0.5) is 5.69 Å². The SMILES string of the molecule is CC(=O)c1cccc(NC(=O)Cc2cc(-c3ccc4c(c3)OCO4)on2)c1. The van der Waals surface area contributed by atoms with Crippen LogP contribution < -0.4 is 14.8 Å². The molecule has 1 amide bonds. The molecule has 0 fully saturated rings. The van der Waals surface area contributed by atoms with Crippen LogP contribution in [0.5, 0.6) is 11.5 Å². The van der Waals surface area contributed by atoms with E-state index in [4.69, 9.17) is 14.0 Å². The molecule has 3 aromatic rings. The van der Waals surface area contributed by atoms with Gasteiger partial charge in [-0.15, -0.1) is 0 Å². The molecular formula is C20H16N2O5. The van der Waals surface area contributed by atoms with Crippen molar-refractivity contribution < 1.29 is 23.6 Å². The molecule has 7 heteroatoms. The lowest BCUT2D eigenvalue weighted by molar-refractivity contribution is -0.115. The van der Waals surface area contributed by atoms with Crippen LogP contribution >= 0.6 is 0 Å². The minimum Gasteiger partial charge on any atom is -0.454 e. The molecular weight excluding hydrogens is 348 g/mol. The van der Waals surface area contributed by atoms with E-state index in [0.29, 0.717) is 34.2 Å². The summed E-state index contributed by atoms with van der Waals surface area (Å²) in [5, 5.41) is 6.71. The van der Waals surface area contributed by atoms with Crippen molar-refractivity contribution in [3.05, 3.63) is 59.8 Å². The zero-order valence-corrected chi connectivity index (χ0v) is 14.5. The third-order valence-corrected chi connectivity index (χ3v) is 4.11. The van der Waals surface area contributed by atoms with E-state index in [2.05, 4.69) is 10.5 Å². The van der Waals surface area contributed by atoms with Crippen LogP contribution in [-0.4, -0.2) is 23.6 Å². The molecule has 2 aromatic carbocycles. The molecule has 7 nitrogen and oxygen atoms in total. The Morgan fingerprint density at radius 1 is 1.07 bits per heavy atom. The van der Waals surface area contributed by atoms with Gasteiger partial charge >= 0.3 is 0 Å². The zero-order valence-electron chi connectivity index (χ0n) is 14.5. The predicted molar refractivity (Wildman–Crippen MR) is 96.8 cm³/mol. The van der Waals surface area contributed by atoms with Crippen LogP contribution in [0, 0.1) is 0 Å². The number of ketones is 1. The number of aromatic nitrogens is 1. The molecule has 1 aliphatic rings. The molecule has 0 saturated heterocycles. The smallest absolute Gasteiger partial charge is 0.231 e. The van der Waals surface area contributed by atoms with Crippen molar-refractivity contribution in [3.8, 4) is 22.8 Å². The summed E-state index contributed by atoms with van der Waals surface area (Å²) >= 11 is 0. The number of ether oxygens (including phenoxy) is 2. The van der Waals surface area contributed by atoms with Crippen LogP contribution in [0.1, 0.15) is 23.0 Å². The summed E-state index contributed by atoms with van der Waals surface area (Å²) in [5.74, 6) is 1.56. The molecule has 2 heterocycles. The maximum atomic E-state index is 12.2. The molecule has 1 aromatic heterocycles. The third kappa shape index (κ3) is 3.67. The van der Waals surface area contributed by atoms with Crippen molar-refractivity contribution in [1.82, 2.24) is 5.16 Å². The third-order valence-electron chi connectivity index (χ3n) is 4.11. The van der Waals surface area contributed by atoms with Crippen LogP contribution in [0.15, 0.2) is 53.1 Å². The zero-order chi connectivity index (χ0) is 18.8. The summed E-state index contributed by atoms with van der Waals surface area (Å²) in [4.78, 5) is 23.7. The Bertz CT molecular complexity index is 1020. The quantitative estimate of drug-likeness (QED) is 0.697. The molecule has 0 bridgehead atoms. The number of anilines is 1. The molecule has 4 rings (SSSR count). The number of hydrogen-bond acceptors (Lipinski definition) is 6. The second-order valence-electron chi connectivity index (χ2n) is 6.11. The minimum atomic E-state index is -0.249. The number of rotatable bonds is 5. The topological polar surface area (TPSA) is 90.7 Å². The Kier molecular flexibility index (Phi) is 4.33. The highest BCUT2D eigenvalue weighted by molar-refractivity contribution is 5.97. The molecule has 0 saturated carbocycles. The molecule has 0 aliphatic carbocycles. The summed E-state index contributed by atoms with van der Waals surface area (Å²) in [6.07, 6.45) is 0.0539. The first kappa shape index (κ1) is 16.8. The van der Waals surface area contributed by atoms with Crippen molar-refractivity contribution in [3.63, 3.8) is 0 Å². The number of benzene rings is 2. The van der Waals surface area contributed by atoms with E-state index in [1.165, 1.54) is 6.92 Å². The fraction of sp³-hybridized carbons (Fsp3) is 0.150. The van der Waals surface area contributed by atoms with Gasteiger partial charge in [0, 0.05) is 22.9 Å². The average Bonchev–Trinajstić information content (AvgIpc) is 3.30. The molecule has 1 N–H and O–H groups in total. The van der Waals surface area contributed by atoms with Gasteiger partial charge < -0.3 is 19.3 Å². The molecule has 0 atom stereocenters. The summed E-state index contributed by atoms with van der Waals surface area (Å²) in [5.41, 5.74) is 2.39. The van der Waals surface area contributed by atoms with Gasteiger partial charge in [-0.25, -0.2) is 0 Å². The number of carbonyl (C=O) groups excluding carboxylic acids is 2. The van der Waals surface area contributed by atoms with E-state index in [1.54, 1.807) is 42.5 Å². The number of carbonyl (C=O) groups is 2. The van der Waals surface area contributed by atoms with E-state index in [1.807, 2.05) is 6.07 Å². The Morgan fingerprint density at radius 2 is 1.93 bits per heavy atom. The van der Waals surface area contributed by atoms with E-state index >= 15 is 0 Å². The summed E-state index contributed by atoms with van der Waals surface area (Å²) in [6, 6.07) is 13.9. The molecule has 0 spiro atoms. The number of Topliss-reactive ketones (excluding diaryl/α,β-unsaturated/α-hetero) is 1. The molecule has 0 radical (unpaired) electrons. The number of hydrogen-bond donors (Lipinski definition) is 1. The van der Waals surface area contributed by atoms with Crippen molar-refractivity contribution in [2.75, 3.05) is 12.1 Å². The summed E-state index contributed by atoms with van der Waals surface area (Å²) in [6.45, 7) is 1.68. The molecule has 0 unspecified atom stereocenters. The average molecular weight is 364 g/mol. The van der Waals surface area contributed by atoms with Crippen molar-refractivity contribution in [2.45, 2.75) is 13.3 Å². The van der Waals surface area contributed by atoms with Crippen LogP contribution in [0.2, 0.25) is 0 Å². The van der Waals surface area contributed by atoms with Gasteiger partial charge in [0.25, 0.3) is 0 Å². The highest BCUT2D eigenvalue weighted by Gasteiger charge is 2.17. The second-order valence-corrected chi connectivity index (χ2v) is 6.11. The maximum Gasteiger partial charge on any atom is 0.231 e. The van der Waals surface area contributed by atoms with Gasteiger partial charge in [-0.3, -0.25) is 9.59 Å². The van der Waals surface area contributed by atoms with E-state index in [-0.39, 0.29) is 24.9 Å². The van der Waals surface area contributed by atoms with E-state index < -0.39 is 0 Å². The molecule has 136 valence electrons. The molecule has 1 aliphatic heterocycles. The minimum absolute atomic E-state index is 0.0539. The number of amides is 1. The Hall–Kier alpha value is -3.61. The summed E-state index contributed by atoms with van der Waals surface area (Å²) in [7, 11) is 0. The number of nitrogens with zero attached hydrogens (tertiary/aromatic N) is 1. The largest absolute Gasteiger partial charge is 0.454 e. The van der Waals surface area contributed by atoms with Gasteiger partial charge in [0.05, 0.1) is 12.1 Å². The van der Waals surface area contributed by atoms with Gasteiger partial charge in [-0.1, -0.05) is 17.3 Å².